The Morgan fingerprint density at radius 3 is 2.62 bits per heavy atom. The second kappa shape index (κ2) is 7.57. The van der Waals surface area contributed by atoms with Gasteiger partial charge in [-0.25, -0.2) is 4.79 Å². The fourth-order valence-electron chi connectivity index (χ4n) is 3.41. The molecule has 1 aliphatic heterocycles. The van der Waals surface area contributed by atoms with Gasteiger partial charge in [-0.05, 0) is 64.7 Å². The summed E-state index contributed by atoms with van der Waals surface area (Å²) < 4.78 is 11.3. The molecular formula is C21H30N2O3. The summed E-state index contributed by atoms with van der Waals surface area (Å²) in [6.07, 6.45) is 0.345. The average molecular weight is 358 g/mol. The molecule has 1 fully saturated rings. The largest absolute Gasteiger partial charge is 0.491 e. The predicted molar refractivity (Wildman–Crippen MR) is 101 cm³/mol. The first kappa shape index (κ1) is 20.1. The molecule has 26 heavy (non-hydrogen) atoms. The van der Waals surface area contributed by atoms with Gasteiger partial charge < -0.3 is 14.4 Å². The first-order valence-corrected chi connectivity index (χ1v) is 9.24. The van der Waals surface area contributed by atoms with Crippen molar-refractivity contribution in [3.05, 3.63) is 29.8 Å². The van der Waals surface area contributed by atoms with Gasteiger partial charge in [0.2, 0.25) is 0 Å². The Labute approximate surface area is 156 Å². The Kier molecular flexibility index (Phi) is 5.85. The summed E-state index contributed by atoms with van der Waals surface area (Å²) >= 11 is 0. The van der Waals surface area contributed by atoms with Crippen molar-refractivity contribution in [2.75, 3.05) is 13.1 Å². The Hall–Kier alpha value is -2.22. The van der Waals surface area contributed by atoms with Crippen molar-refractivity contribution in [2.24, 2.45) is 5.92 Å². The normalized spacial score (nSPS) is 23.5. The second-order valence-corrected chi connectivity index (χ2v) is 8.35. The molecule has 0 aliphatic carbocycles. The van der Waals surface area contributed by atoms with E-state index in [9.17, 15) is 10.1 Å². The number of likely N-dealkylation sites (tertiary alicyclic amines) is 1. The zero-order valence-electron chi connectivity index (χ0n) is 16.7. The minimum absolute atomic E-state index is 0.0110. The molecule has 2 atom stereocenters. The lowest BCUT2D eigenvalue weighted by atomic mass is 9.67. The minimum atomic E-state index is -0.630. The topological polar surface area (TPSA) is 62.6 Å². The summed E-state index contributed by atoms with van der Waals surface area (Å²) in [6, 6.07) is 10.3. The van der Waals surface area contributed by atoms with E-state index in [2.05, 4.69) is 6.07 Å². The van der Waals surface area contributed by atoms with Gasteiger partial charge in [0.05, 0.1) is 17.6 Å². The summed E-state index contributed by atoms with van der Waals surface area (Å²) in [5.74, 6) is 0.761. The minimum Gasteiger partial charge on any atom is -0.491 e. The summed E-state index contributed by atoms with van der Waals surface area (Å²) in [4.78, 5) is 14.1. The maximum absolute atomic E-state index is 12.4. The van der Waals surface area contributed by atoms with Gasteiger partial charge in [-0.2, -0.15) is 5.26 Å². The van der Waals surface area contributed by atoms with Gasteiger partial charge in [-0.1, -0.05) is 19.1 Å². The highest BCUT2D eigenvalue weighted by molar-refractivity contribution is 5.68. The maximum atomic E-state index is 12.4. The number of nitrogens with zero attached hydrogens (tertiary/aromatic N) is 2. The van der Waals surface area contributed by atoms with Crippen LogP contribution in [0.5, 0.6) is 5.75 Å². The molecule has 142 valence electrons. The van der Waals surface area contributed by atoms with Crippen LogP contribution in [0.4, 0.5) is 4.79 Å². The predicted octanol–water partition coefficient (Wildman–Crippen LogP) is 4.51. The van der Waals surface area contributed by atoms with E-state index in [1.807, 2.05) is 65.8 Å². The third-order valence-corrected chi connectivity index (χ3v) is 4.68. The standard InChI is InChI=1S/C21H30N2O3/c1-15(2)25-18-9-7-8-17(12-18)21(14-22)10-11-23(13-16(21)3)19(24)26-20(4,5)6/h7-9,12,15-16H,10-11,13H2,1-6H3/t16-,21+/m0/s1. The highest BCUT2D eigenvalue weighted by Gasteiger charge is 2.44. The molecule has 0 saturated carbocycles. The van der Waals surface area contributed by atoms with Crippen LogP contribution in [0, 0.1) is 17.2 Å². The Balaban J connectivity index is 2.21. The second-order valence-electron chi connectivity index (χ2n) is 8.35. The van der Waals surface area contributed by atoms with Crippen molar-refractivity contribution < 1.29 is 14.3 Å². The number of hydrogen-bond donors (Lipinski definition) is 0. The van der Waals surface area contributed by atoms with Crippen LogP contribution in [0.2, 0.25) is 0 Å². The number of rotatable bonds is 3. The van der Waals surface area contributed by atoms with Crippen LogP contribution in [0.3, 0.4) is 0 Å². The molecule has 0 radical (unpaired) electrons. The van der Waals surface area contributed by atoms with Crippen LogP contribution in [0.25, 0.3) is 0 Å². The maximum Gasteiger partial charge on any atom is 0.410 e. The van der Waals surface area contributed by atoms with Crippen molar-refractivity contribution in [2.45, 2.75) is 65.1 Å². The number of nitriles is 1. The van der Waals surface area contributed by atoms with E-state index < -0.39 is 11.0 Å². The number of ether oxygens (including phenoxy) is 2. The van der Waals surface area contributed by atoms with Crippen molar-refractivity contribution in [1.29, 1.82) is 5.26 Å². The van der Waals surface area contributed by atoms with Gasteiger partial charge in [0.15, 0.2) is 0 Å². The molecule has 1 amide bonds. The molecule has 2 rings (SSSR count). The van der Waals surface area contributed by atoms with E-state index in [-0.39, 0.29) is 18.1 Å². The molecule has 0 bridgehead atoms. The number of hydrogen-bond acceptors (Lipinski definition) is 4. The molecule has 1 heterocycles. The van der Waals surface area contributed by atoms with E-state index in [1.165, 1.54) is 0 Å². The molecular weight excluding hydrogens is 328 g/mol. The number of amides is 1. The molecule has 5 nitrogen and oxygen atoms in total. The fourth-order valence-corrected chi connectivity index (χ4v) is 3.41. The van der Waals surface area contributed by atoms with Crippen molar-refractivity contribution >= 4 is 6.09 Å². The lowest BCUT2D eigenvalue weighted by Crippen LogP contribution is -2.51. The van der Waals surface area contributed by atoms with Crippen LogP contribution in [0.1, 0.15) is 53.5 Å². The Bertz CT molecular complexity index is 687. The van der Waals surface area contributed by atoms with Gasteiger partial charge in [-0.3, -0.25) is 0 Å². The molecule has 0 unspecified atom stereocenters. The van der Waals surface area contributed by atoms with Crippen LogP contribution >= 0.6 is 0 Å². The van der Waals surface area contributed by atoms with Crippen molar-refractivity contribution in [1.82, 2.24) is 4.90 Å². The molecule has 1 saturated heterocycles. The number of carbonyl (C=O) groups excluding carboxylic acids is 1. The van der Waals surface area contributed by atoms with Gasteiger partial charge in [0.25, 0.3) is 0 Å². The molecule has 0 aromatic heterocycles. The van der Waals surface area contributed by atoms with Gasteiger partial charge in [0, 0.05) is 13.1 Å². The third-order valence-electron chi connectivity index (χ3n) is 4.68. The molecule has 1 aromatic carbocycles. The number of benzene rings is 1. The van der Waals surface area contributed by atoms with Crippen LogP contribution in [-0.4, -0.2) is 35.8 Å². The van der Waals surface area contributed by atoms with E-state index in [4.69, 9.17) is 9.47 Å². The van der Waals surface area contributed by atoms with Crippen LogP contribution in [-0.2, 0) is 10.2 Å². The van der Waals surface area contributed by atoms with E-state index >= 15 is 0 Å². The van der Waals surface area contributed by atoms with Gasteiger partial charge >= 0.3 is 6.09 Å². The molecule has 0 N–H and O–H groups in total. The van der Waals surface area contributed by atoms with Gasteiger partial charge in [-0.15, -0.1) is 0 Å². The zero-order chi connectivity index (χ0) is 19.5. The van der Waals surface area contributed by atoms with E-state index in [0.717, 1.165) is 11.3 Å². The first-order valence-electron chi connectivity index (χ1n) is 9.24. The van der Waals surface area contributed by atoms with Crippen LogP contribution < -0.4 is 4.74 Å². The summed E-state index contributed by atoms with van der Waals surface area (Å²) in [7, 11) is 0. The van der Waals surface area contributed by atoms with Crippen molar-refractivity contribution in [3.63, 3.8) is 0 Å². The lowest BCUT2D eigenvalue weighted by molar-refractivity contribution is 0.0118. The molecule has 5 heteroatoms. The lowest BCUT2D eigenvalue weighted by Gasteiger charge is -2.42. The summed E-state index contributed by atoms with van der Waals surface area (Å²) in [5, 5.41) is 10.0. The van der Waals surface area contributed by atoms with Crippen molar-refractivity contribution in [3.8, 4) is 11.8 Å². The summed E-state index contributed by atoms with van der Waals surface area (Å²) in [6.45, 7) is 12.6. The molecule has 1 aromatic rings. The zero-order valence-corrected chi connectivity index (χ0v) is 16.7. The quantitative estimate of drug-likeness (QED) is 0.797. The van der Waals surface area contributed by atoms with E-state index in [0.29, 0.717) is 19.5 Å². The Morgan fingerprint density at radius 1 is 1.38 bits per heavy atom. The third kappa shape index (κ3) is 4.49. The molecule has 1 aliphatic rings. The first-order chi connectivity index (χ1) is 12.1. The number of piperidine rings is 1. The number of carbonyl (C=O) groups is 1. The highest BCUT2D eigenvalue weighted by Crippen LogP contribution is 2.40. The summed E-state index contributed by atoms with van der Waals surface area (Å²) in [5.41, 5.74) is -0.198. The molecule has 0 spiro atoms. The Morgan fingerprint density at radius 2 is 2.08 bits per heavy atom. The average Bonchev–Trinajstić information content (AvgIpc) is 2.53. The van der Waals surface area contributed by atoms with Gasteiger partial charge in [0.1, 0.15) is 11.4 Å². The van der Waals surface area contributed by atoms with Crippen LogP contribution in [0.15, 0.2) is 24.3 Å². The fraction of sp³-hybridized carbons (Fsp3) is 0.619. The SMILES string of the molecule is CC(C)Oc1cccc([C@@]2(C#N)CCN(C(=O)OC(C)(C)C)C[C@@H]2C)c1. The highest BCUT2D eigenvalue weighted by atomic mass is 16.6. The monoisotopic (exact) mass is 358 g/mol. The van der Waals surface area contributed by atoms with E-state index in [1.54, 1.807) is 4.90 Å². The smallest absolute Gasteiger partial charge is 0.410 e.